The van der Waals surface area contributed by atoms with Crippen LogP contribution in [-0.2, 0) is 13.1 Å². The molecule has 0 atom stereocenters. The number of nitrogens with one attached hydrogen (secondary N) is 2. The van der Waals surface area contributed by atoms with E-state index in [9.17, 15) is 4.79 Å². The number of carbonyl (C=O) groups excluding carboxylic acids is 1. The van der Waals surface area contributed by atoms with Crippen molar-refractivity contribution in [2.45, 2.75) is 20.0 Å². The van der Waals surface area contributed by atoms with Crippen LogP contribution >= 0.6 is 24.0 Å². The van der Waals surface area contributed by atoms with Gasteiger partial charge in [-0.2, -0.15) is 0 Å². The van der Waals surface area contributed by atoms with Crippen molar-refractivity contribution in [3.8, 4) is 0 Å². The lowest BCUT2D eigenvalue weighted by Gasteiger charge is -2.23. The lowest BCUT2D eigenvalue weighted by atomic mass is 10.1. The molecule has 0 saturated carbocycles. The predicted octanol–water partition coefficient (Wildman–Crippen LogP) is 3.18. The Morgan fingerprint density at radius 1 is 1.12 bits per heavy atom. The Morgan fingerprint density at radius 3 is 2.35 bits per heavy atom. The first-order valence-electron chi connectivity index (χ1n) is 8.32. The van der Waals surface area contributed by atoms with E-state index in [2.05, 4.69) is 45.6 Å². The van der Waals surface area contributed by atoms with Gasteiger partial charge in [0.15, 0.2) is 5.96 Å². The van der Waals surface area contributed by atoms with E-state index in [1.807, 2.05) is 37.4 Å². The minimum Gasteiger partial charge on any atom is -0.355 e. The van der Waals surface area contributed by atoms with Crippen LogP contribution in [0, 0.1) is 6.92 Å². The van der Waals surface area contributed by atoms with Gasteiger partial charge in [0.1, 0.15) is 0 Å². The second kappa shape index (κ2) is 10.8. The average Bonchev–Trinajstić information content (AvgIpc) is 2.64. The monoisotopic (exact) mass is 466 g/mol. The van der Waals surface area contributed by atoms with Crippen LogP contribution in [0.5, 0.6) is 0 Å². The summed E-state index contributed by atoms with van der Waals surface area (Å²) in [7, 11) is 5.44. The molecule has 2 rings (SSSR count). The number of nitrogens with zero attached hydrogens (tertiary/aromatic N) is 2. The van der Waals surface area contributed by atoms with Gasteiger partial charge in [0, 0.05) is 39.8 Å². The molecule has 2 N–H and O–H groups in total. The second-order valence-corrected chi connectivity index (χ2v) is 5.96. The van der Waals surface area contributed by atoms with Gasteiger partial charge in [0.25, 0.3) is 5.91 Å². The quantitative estimate of drug-likeness (QED) is 0.405. The number of aryl methyl sites for hydroxylation is 1. The van der Waals surface area contributed by atoms with Crippen LogP contribution in [0.3, 0.4) is 0 Å². The Kier molecular flexibility index (Phi) is 9.12. The minimum absolute atomic E-state index is 0. The van der Waals surface area contributed by atoms with Gasteiger partial charge >= 0.3 is 0 Å². The summed E-state index contributed by atoms with van der Waals surface area (Å²) in [4.78, 5) is 18.0. The largest absolute Gasteiger partial charge is 0.355 e. The number of hydrogen-bond donors (Lipinski definition) is 2. The zero-order valence-electron chi connectivity index (χ0n) is 15.7. The maximum atomic E-state index is 11.6. The number of guanidine groups is 1. The molecule has 26 heavy (non-hydrogen) atoms. The molecule has 140 valence electrons. The molecule has 0 fully saturated rings. The van der Waals surface area contributed by atoms with Crippen LogP contribution in [0.25, 0.3) is 0 Å². The molecule has 0 aliphatic rings. The van der Waals surface area contributed by atoms with Gasteiger partial charge in [-0.1, -0.05) is 36.4 Å². The molecular formula is C20H27IN4O. The SMILES string of the molecule is CN=C(NCc1ccc(C(=O)NC)cc1)N(C)Cc1ccccc1C.I. The number of rotatable bonds is 5. The molecule has 0 saturated heterocycles. The maximum Gasteiger partial charge on any atom is 0.251 e. The number of halogens is 1. The minimum atomic E-state index is -0.0757. The Morgan fingerprint density at radius 2 is 1.77 bits per heavy atom. The highest BCUT2D eigenvalue weighted by Gasteiger charge is 2.08. The van der Waals surface area contributed by atoms with E-state index >= 15 is 0 Å². The zero-order valence-corrected chi connectivity index (χ0v) is 18.1. The number of amides is 1. The molecule has 0 aliphatic heterocycles. The third kappa shape index (κ3) is 6.01. The van der Waals surface area contributed by atoms with E-state index in [4.69, 9.17) is 0 Å². The first kappa shape index (κ1) is 22.0. The lowest BCUT2D eigenvalue weighted by molar-refractivity contribution is 0.0963. The Hall–Kier alpha value is -2.09. The van der Waals surface area contributed by atoms with Gasteiger partial charge in [-0.25, -0.2) is 0 Å². The molecule has 0 radical (unpaired) electrons. The average molecular weight is 466 g/mol. The smallest absolute Gasteiger partial charge is 0.251 e. The van der Waals surface area contributed by atoms with Crippen molar-refractivity contribution in [3.63, 3.8) is 0 Å². The summed E-state index contributed by atoms with van der Waals surface area (Å²) in [5.41, 5.74) is 4.31. The van der Waals surface area contributed by atoms with Crippen molar-refractivity contribution in [2.75, 3.05) is 21.1 Å². The normalized spacial score (nSPS) is 10.7. The predicted molar refractivity (Wildman–Crippen MR) is 118 cm³/mol. The molecule has 0 aliphatic carbocycles. The molecule has 5 nitrogen and oxygen atoms in total. The van der Waals surface area contributed by atoms with Crippen molar-refractivity contribution < 1.29 is 4.79 Å². The molecule has 0 aromatic heterocycles. The van der Waals surface area contributed by atoms with Crippen LogP contribution in [0.4, 0.5) is 0 Å². The summed E-state index contributed by atoms with van der Waals surface area (Å²) in [6, 6.07) is 15.9. The van der Waals surface area contributed by atoms with E-state index in [-0.39, 0.29) is 29.9 Å². The van der Waals surface area contributed by atoms with E-state index in [0.29, 0.717) is 12.1 Å². The van der Waals surface area contributed by atoms with Gasteiger partial charge < -0.3 is 15.5 Å². The molecule has 2 aromatic carbocycles. The summed E-state index contributed by atoms with van der Waals surface area (Å²) in [5, 5.41) is 5.99. The van der Waals surface area contributed by atoms with Gasteiger partial charge in [-0.15, -0.1) is 24.0 Å². The topological polar surface area (TPSA) is 56.7 Å². The van der Waals surface area contributed by atoms with E-state index in [0.717, 1.165) is 18.1 Å². The Labute approximate surface area is 172 Å². The third-order valence-electron chi connectivity index (χ3n) is 4.14. The molecule has 6 heteroatoms. The van der Waals surface area contributed by atoms with Gasteiger partial charge in [-0.05, 0) is 35.7 Å². The van der Waals surface area contributed by atoms with Crippen LogP contribution in [-0.4, -0.2) is 37.9 Å². The lowest BCUT2D eigenvalue weighted by Crippen LogP contribution is -2.38. The molecule has 0 bridgehead atoms. The number of aliphatic imine (C=N–C) groups is 1. The molecule has 0 unspecified atom stereocenters. The maximum absolute atomic E-state index is 11.6. The van der Waals surface area contributed by atoms with Crippen molar-refractivity contribution in [2.24, 2.45) is 4.99 Å². The van der Waals surface area contributed by atoms with Gasteiger partial charge in [-0.3, -0.25) is 9.79 Å². The van der Waals surface area contributed by atoms with Crippen LogP contribution < -0.4 is 10.6 Å². The van der Waals surface area contributed by atoms with Crippen molar-refractivity contribution in [3.05, 3.63) is 70.8 Å². The van der Waals surface area contributed by atoms with Crippen LogP contribution in [0.1, 0.15) is 27.0 Å². The molecule has 0 heterocycles. The standard InChI is InChI=1S/C20H26N4O.HI/c1-15-7-5-6-8-18(15)14-24(4)20(22-3)23-13-16-9-11-17(12-10-16)19(25)21-2;/h5-12H,13-14H2,1-4H3,(H,21,25)(H,22,23);1H. The van der Waals surface area contributed by atoms with E-state index in [1.165, 1.54) is 11.1 Å². The van der Waals surface area contributed by atoms with Crippen molar-refractivity contribution >= 4 is 35.8 Å². The highest BCUT2D eigenvalue weighted by molar-refractivity contribution is 14.0. The third-order valence-corrected chi connectivity index (χ3v) is 4.14. The first-order valence-corrected chi connectivity index (χ1v) is 8.32. The van der Waals surface area contributed by atoms with Gasteiger partial charge in [0.05, 0.1) is 0 Å². The molecule has 0 spiro atoms. The number of carbonyl (C=O) groups is 1. The summed E-state index contributed by atoms with van der Waals surface area (Å²) in [6.07, 6.45) is 0. The first-order chi connectivity index (χ1) is 12.0. The van der Waals surface area contributed by atoms with Gasteiger partial charge in [0.2, 0.25) is 0 Å². The Bertz CT molecular complexity index is 744. The molecule has 2 aromatic rings. The van der Waals surface area contributed by atoms with Crippen molar-refractivity contribution in [1.29, 1.82) is 0 Å². The fourth-order valence-electron chi connectivity index (χ4n) is 2.60. The fraction of sp³-hybridized carbons (Fsp3) is 0.300. The summed E-state index contributed by atoms with van der Waals surface area (Å²) < 4.78 is 0. The Balaban J connectivity index is 0.00000338. The summed E-state index contributed by atoms with van der Waals surface area (Å²) in [5.74, 6) is 0.756. The van der Waals surface area contributed by atoms with Crippen LogP contribution in [0.2, 0.25) is 0 Å². The van der Waals surface area contributed by atoms with E-state index < -0.39 is 0 Å². The highest BCUT2D eigenvalue weighted by atomic mass is 127. The fourth-order valence-corrected chi connectivity index (χ4v) is 2.60. The molecule has 1 amide bonds. The summed E-state index contributed by atoms with van der Waals surface area (Å²) in [6.45, 7) is 3.56. The number of benzene rings is 2. The highest BCUT2D eigenvalue weighted by Crippen LogP contribution is 2.10. The van der Waals surface area contributed by atoms with E-state index in [1.54, 1.807) is 14.1 Å². The molecular weight excluding hydrogens is 439 g/mol. The van der Waals surface area contributed by atoms with Crippen LogP contribution in [0.15, 0.2) is 53.5 Å². The second-order valence-electron chi connectivity index (χ2n) is 5.96. The number of hydrogen-bond acceptors (Lipinski definition) is 2. The zero-order chi connectivity index (χ0) is 18.2. The van der Waals surface area contributed by atoms with Crippen molar-refractivity contribution in [1.82, 2.24) is 15.5 Å². The summed E-state index contributed by atoms with van der Waals surface area (Å²) >= 11 is 0.